The van der Waals surface area contributed by atoms with E-state index in [2.05, 4.69) is 4.74 Å². The maximum atomic E-state index is 13.2. The van der Waals surface area contributed by atoms with E-state index in [1.165, 1.54) is 12.1 Å². The molecule has 0 bridgehead atoms. The lowest BCUT2D eigenvalue weighted by Crippen LogP contribution is -2.20. The fourth-order valence-corrected chi connectivity index (χ4v) is 1.30. The van der Waals surface area contributed by atoms with E-state index >= 15 is 0 Å². The van der Waals surface area contributed by atoms with Crippen molar-refractivity contribution in [2.75, 3.05) is 6.61 Å². The molecule has 0 aromatic heterocycles. The first-order valence-electron chi connectivity index (χ1n) is 5.45. The minimum Gasteiger partial charge on any atom is -0.460 e. The first-order valence-corrected chi connectivity index (χ1v) is 5.45. The maximum Gasteiger partial charge on any atom is 0.375 e. The van der Waals surface area contributed by atoms with Crippen LogP contribution in [-0.4, -0.2) is 24.1 Å². The van der Waals surface area contributed by atoms with Gasteiger partial charge in [0, 0.05) is 5.56 Å². The molecule has 0 aliphatic carbocycles. The van der Waals surface area contributed by atoms with Crippen molar-refractivity contribution in [3.63, 3.8) is 0 Å². The smallest absolute Gasteiger partial charge is 0.375 e. The van der Waals surface area contributed by atoms with Crippen molar-refractivity contribution in [3.05, 3.63) is 35.1 Å². The molecule has 1 rings (SSSR count). The topological polar surface area (TPSA) is 60.4 Å². The second kappa shape index (κ2) is 6.05. The Morgan fingerprint density at radius 2 is 1.94 bits per heavy atom. The zero-order chi connectivity index (χ0) is 13.7. The molecular formula is C13H13FO4. The largest absolute Gasteiger partial charge is 0.460 e. The van der Waals surface area contributed by atoms with Gasteiger partial charge in [-0.1, -0.05) is 12.1 Å². The summed E-state index contributed by atoms with van der Waals surface area (Å²) < 4.78 is 17.7. The summed E-state index contributed by atoms with van der Waals surface area (Å²) in [5, 5.41) is 0. The molecule has 18 heavy (non-hydrogen) atoms. The van der Waals surface area contributed by atoms with E-state index in [1.807, 2.05) is 0 Å². The van der Waals surface area contributed by atoms with Gasteiger partial charge < -0.3 is 4.74 Å². The van der Waals surface area contributed by atoms with E-state index in [4.69, 9.17) is 0 Å². The molecule has 0 saturated carbocycles. The average molecular weight is 252 g/mol. The van der Waals surface area contributed by atoms with Crippen LogP contribution in [0.4, 0.5) is 4.39 Å². The van der Waals surface area contributed by atoms with Crippen LogP contribution < -0.4 is 0 Å². The van der Waals surface area contributed by atoms with Crippen LogP contribution in [0.2, 0.25) is 0 Å². The summed E-state index contributed by atoms with van der Waals surface area (Å²) in [5.41, 5.74) is 0.471. The molecule has 1 aromatic carbocycles. The lowest BCUT2D eigenvalue weighted by atomic mass is 10.0. The molecule has 0 spiro atoms. The normalized spacial score (nSPS) is 9.94. The number of halogens is 1. The summed E-state index contributed by atoms with van der Waals surface area (Å²) >= 11 is 0. The van der Waals surface area contributed by atoms with E-state index in [9.17, 15) is 18.8 Å². The summed E-state index contributed by atoms with van der Waals surface area (Å²) in [4.78, 5) is 33.9. The number of esters is 1. The van der Waals surface area contributed by atoms with Gasteiger partial charge in [0.2, 0.25) is 5.78 Å². The van der Waals surface area contributed by atoms with Gasteiger partial charge in [-0.2, -0.15) is 0 Å². The Bertz CT molecular complexity index is 494. The van der Waals surface area contributed by atoms with Crippen LogP contribution in [0.5, 0.6) is 0 Å². The molecule has 96 valence electrons. The highest BCUT2D eigenvalue weighted by Gasteiger charge is 2.20. The monoisotopic (exact) mass is 252 g/mol. The highest BCUT2D eigenvalue weighted by atomic mass is 19.1. The molecule has 0 N–H and O–H groups in total. The Morgan fingerprint density at radius 3 is 2.50 bits per heavy atom. The zero-order valence-electron chi connectivity index (χ0n) is 10.2. The van der Waals surface area contributed by atoms with Crippen molar-refractivity contribution in [2.45, 2.75) is 20.3 Å². The first-order chi connectivity index (χ1) is 8.45. The van der Waals surface area contributed by atoms with E-state index < -0.39 is 29.8 Å². The van der Waals surface area contributed by atoms with E-state index in [0.29, 0.717) is 5.56 Å². The molecule has 0 saturated heterocycles. The molecule has 0 aliphatic rings. The Morgan fingerprint density at radius 1 is 1.28 bits per heavy atom. The summed E-state index contributed by atoms with van der Waals surface area (Å²) in [6.45, 7) is 3.19. The number of aryl methyl sites for hydroxylation is 1. The van der Waals surface area contributed by atoms with Gasteiger partial charge in [0.05, 0.1) is 13.0 Å². The number of carbonyl (C=O) groups is 3. The van der Waals surface area contributed by atoms with Gasteiger partial charge in [-0.25, -0.2) is 9.18 Å². The standard InChI is InChI=1S/C13H13FO4/c1-3-18-13(17)12(16)7-11(15)9-5-4-8(2)10(14)6-9/h4-6H,3,7H2,1-2H3. The molecule has 0 heterocycles. The minimum absolute atomic E-state index is 0.0655. The van der Waals surface area contributed by atoms with Crippen LogP contribution in [0.25, 0.3) is 0 Å². The number of Topliss-reactive ketones (excluding diaryl/α,β-unsaturated/α-hetero) is 2. The van der Waals surface area contributed by atoms with E-state index in [0.717, 1.165) is 6.07 Å². The van der Waals surface area contributed by atoms with Crippen LogP contribution in [-0.2, 0) is 14.3 Å². The second-order valence-electron chi connectivity index (χ2n) is 3.71. The van der Waals surface area contributed by atoms with Gasteiger partial charge >= 0.3 is 5.97 Å². The van der Waals surface area contributed by atoms with Crippen molar-refractivity contribution in [2.24, 2.45) is 0 Å². The number of ketones is 2. The fourth-order valence-electron chi connectivity index (χ4n) is 1.30. The molecule has 0 amide bonds. The lowest BCUT2D eigenvalue weighted by molar-refractivity contribution is -0.153. The maximum absolute atomic E-state index is 13.2. The van der Waals surface area contributed by atoms with Crippen LogP contribution in [0.3, 0.4) is 0 Å². The number of benzene rings is 1. The summed E-state index contributed by atoms with van der Waals surface area (Å²) in [6, 6.07) is 3.91. The van der Waals surface area contributed by atoms with Crippen LogP contribution >= 0.6 is 0 Å². The molecule has 0 aliphatic heterocycles. The third-order valence-electron chi connectivity index (χ3n) is 2.32. The molecule has 0 atom stereocenters. The Labute approximate surface area is 104 Å². The van der Waals surface area contributed by atoms with Crippen molar-refractivity contribution in [1.29, 1.82) is 0 Å². The van der Waals surface area contributed by atoms with Gasteiger partial charge in [-0.15, -0.1) is 0 Å². The molecule has 4 nitrogen and oxygen atoms in total. The molecule has 1 aromatic rings. The Kier molecular flexibility index (Phi) is 4.71. The van der Waals surface area contributed by atoms with Crippen molar-refractivity contribution >= 4 is 17.5 Å². The number of carbonyl (C=O) groups excluding carboxylic acids is 3. The highest BCUT2D eigenvalue weighted by molar-refractivity contribution is 6.38. The number of hydrogen-bond acceptors (Lipinski definition) is 4. The molecule has 5 heteroatoms. The highest BCUT2D eigenvalue weighted by Crippen LogP contribution is 2.11. The summed E-state index contributed by atoms with van der Waals surface area (Å²) in [6.07, 6.45) is -0.610. The van der Waals surface area contributed by atoms with Crippen molar-refractivity contribution in [1.82, 2.24) is 0 Å². The minimum atomic E-state index is -1.04. The van der Waals surface area contributed by atoms with Crippen LogP contribution in [0.15, 0.2) is 18.2 Å². The molecule has 0 radical (unpaired) electrons. The Balaban J connectivity index is 2.73. The van der Waals surface area contributed by atoms with Gasteiger partial charge in [-0.05, 0) is 25.5 Å². The fraction of sp³-hybridized carbons (Fsp3) is 0.308. The van der Waals surface area contributed by atoms with Gasteiger partial charge in [0.1, 0.15) is 5.82 Å². The predicted molar refractivity (Wildman–Crippen MR) is 61.7 cm³/mol. The van der Waals surface area contributed by atoms with Gasteiger partial charge in [-0.3, -0.25) is 9.59 Å². The predicted octanol–water partition coefficient (Wildman–Crippen LogP) is 1.84. The third-order valence-corrected chi connectivity index (χ3v) is 2.32. The second-order valence-corrected chi connectivity index (χ2v) is 3.71. The SMILES string of the molecule is CCOC(=O)C(=O)CC(=O)c1ccc(C)c(F)c1. The van der Waals surface area contributed by atoms with Crippen LogP contribution in [0.1, 0.15) is 29.3 Å². The van der Waals surface area contributed by atoms with Crippen molar-refractivity contribution < 1.29 is 23.5 Å². The summed E-state index contributed by atoms with van der Waals surface area (Å²) in [5.74, 6) is -3.10. The Hall–Kier alpha value is -2.04. The van der Waals surface area contributed by atoms with E-state index in [1.54, 1.807) is 13.8 Å². The number of hydrogen-bond donors (Lipinski definition) is 0. The lowest BCUT2D eigenvalue weighted by Gasteiger charge is -2.02. The van der Waals surface area contributed by atoms with Gasteiger partial charge in [0.25, 0.3) is 0 Å². The average Bonchev–Trinajstić information content (AvgIpc) is 2.32. The van der Waals surface area contributed by atoms with E-state index in [-0.39, 0.29) is 12.2 Å². The molecule has 0 unspecified atom stereocenters. The van der Waals surface area contributed by atoms with Gasteiger partial charge in [0.15, 0.2) is 5.78 Å². The number of ether oxygens (including phenoxy) is 1. The zero-order valence-corrected chi connectivity index (χ0v) is 10.2. The third kappa shape index (κ3) is 3.48. The molecular weight excluding hydrogens is 239 g/mol. The quantitative estimate of drug-likeness (QED) is 0.347. The van der Waals surface area contributed by atoms with Crippen LogP contribution in [0, 0.1) is 12.7 Å². The van der Waals surface area contributed by atoms with Crippen molar-refractivity contribution in [3.8, 4) is 0 Å². The first kappa shape index (κ1) is 14.0. The summed E-state index contributed by atoms with van der Waals surface area (Å²) in [7, 11) is 0. The number of rotatable bonds is 5. The molecule has 0 fully saturated rings.